The van der Waals surface area contributed by atoms with Crippen LogP contribution in [-0.2, 0) is 11.3 Å². The molecule has 0 amide bonds. The molecular weight excluding hydrogens is 384 g/mol. The second kappa shape index (κ2) is 8.11. The molecule has 28 heavy (non-hydrogen) atoms. The van der Waals surface area contributed by atoms with Crippen LogP contribution in [0.25, 0.3) is 10.9 Å². The number of alkyl halides is 2. The summed E-state index contributed by atoms with van der Waals surface area (Å²) < 4.78 is 34.5. The Kier molecular flexibility index (Phi) is 5.75. The molecule has 2 heterocycles. The highest BCUT2D eigenvalue weighted by atomic mass is 35.5. The monoisotopic (exact) mass is 409 g/mol. The van der Waals surface area contributed by atoms with Crippen molar-refractivity contribution in [3.05, 3.63) is 35.0 Å². The Morgan fingerprint density at radius 2 is 2.04 bits per heavy atom. The van der Waals surface area contributed by atoms with E-state index in [1.165, 1.54) is 0 Å². The summed E-state index contributed by atoms with van der Waals surface area (Å²) in [7, 11) is 0. The van der Waals surface area contributed by atoms with Gasteiger partial charge in [0.1, 0.15) is 0 Å². The molecule has 1 aromatic carbocycles. The van der Waals surface area contributed by atoms with Crippen LogP contribution in [0.5, 0.6) is 0 Å². The summed E-state index contributed by atoms with van der Waals surface area (Å²) in [6.07, 6.45) is 6.09. The Labute approximate surface area is 169 Å². The van der Waals surface area contributed by atoms with Gasteiger partial charge in [-0.3, -0.25) is 4.79 Å². The molecule has 0 unspecified atom stereocenters. The number of nitrogens with zero attached hydrogens (tertiary/aromatic N) is 1. The summed E-state index contributed by atoms with van der Waals surface area (Å²) in [4.78, 5) is 13.0. The molecule has 1 saturated carbocycles. The van der Waals surface area contributed by atoms with Gasteiger partial charge >= 0.3 is 0 Å². The van der Waals surface area contributed by atoms with Gasteiger partial charge in [0.15, 0.2) is 5.78 Å². The summed E-state index contributed by atoms with van der Waals surface area (Å²) in [5, 5.41) is 1.37. The van der Waals surface area contributed by atoms with Crippen LogP contribution in [0.15, 0.2) is 24.4 Å². The fraction of sp³-hybridized carbons (Fsp3) is 0.591. The Balaban J connectivity index is 1.50. The first-order valence-electron chi connectivity index (χ1n) is 10.2. The third-order valence-corrected chi connectivity index (χ3v) is 6.51. The molecule has 3 nitrogen and oxygen atoms in total. The Hall–Kier alpha value is -1.46. The van der Waals surface area contributed by atoms with Gasteiger partial charge in [-0.15, -0.1) is 0 Å². The van der Waals surface area contributed by atoms with Crippen molar-refractivity contribution in [3.8, 4) is 0 Å². The van der Waals surface area contributed by atoms with Gasteiger partial charge in [0.2, 0.25) is 5.92 Å². The second-order valence-electron chi connectivity index (χ2n) is 8.23. The van der Waals surface area contributed by atoms with Crippen molar-refractivity contribution in [1.82, 2.24) is 4.57 Å². The normalized spacial score (nSPS) is 22.8. The van der Waals surface area contributed by atoms with Crippen molar-refractivity contribution >= 4 is 28.3 Å². The molecule has 0 N–H and O–H groups in total. The number of carbonyl (C=O) groups is 1. The third kappa shape index (κ3) is 4.25. The molecule has 1 saturated heterocycles. The molecule has 152 valence electrons. The average molecular weight is 410 g/mol. The predicted molar refractivity (Wildman–Crippen MR) is 106 cm³/mol. The maximum absolute atomic E-state index is 13.3. The van der Waals surface area contributed by atoms with Crippen LogP contribution in [0.3, 0.4) is 0 Å². The minimum absolute atomic E-state index is 0.0431. The van der Waals surface area contributed by atoms with Crippen molar-refractivity contribution in [1.29, 1.82) is 0 Å². The average Bonchev–Trinajstić information content (AvgIpc) is 3.30. The highest BCUT2D eigenvalue weighted by molar-refractivity contribution is 6.37. The van der Waals surface area contributed by atoms with Crippen molar-refractivity contribution in [3.63, 3.8) is 0 Å². The summed E-state index contributed by atoms with van der Waals surface area (Å²) in [5.41, 5.74) is 1.59. The molecule has 1 aromatic heterocycles. The van der Waals surface area contributed by atoms with Gasteiger partial charge < -0.3 is 9.30 Å². The van der Waals surface area contributed by atoms with E-state index in [1.807, 2.05) is 18.3 Å². The van der Waals surface area contributed by atoms with Crippen LogP contribution >= 0.6 is 11.6 Å². The molecule has 2 aliphatic rings. The van der Waals surface area contributed by atoms with E-state index in [-0.39, 0.29) is 30.6 Å². The van der Waals surface area contributed by atoms with E-state index in [0.717, 1.165) is 30.4 Å². The molecule has 2 aromatic rings. The number of carbonyl (C=O) groups excluding carboxylic acids is 1. The maximum Gasteiger partial charge on any atom is 0.248 e. The molecule has 0 radical (unpaired) electrons. The number of halogens is 3. The molecule has 1 aliphatic heterocycles. The number of ketones is 1. The number of hydrogen-bond donors (Lipinski definition) is 0. The van der Waals surface area contributed by atoms with Crippen LogP contribution in [0.4, 0.5) is 8.78 Å². The lowest BCUT2D eigenvalue weighted by atomic mass is 9.83. The first kappa shape index (κ1) is 19.8. The Morgan fingerprint density at radius 1 is 1.25 bits per heavy atom. The maximum atomic E-state index is 13.3. The summed E-state index contributed by atoms with van der Waals surface area (Å²) in [5.74, 6) is -2.27. The summed E-state index contributed by atoms with van der Waals surface area (Å²) >= 11 is 6.44. The van der Waals surface area contributed by atoms with Crippen LogP contribution in [0, 0.1) is 5.92 Å². The van der Waals surface area contributed by atoms with E-state index in [4.69, 9.17) is 16.3 Å². The topological polar surface area (TPSA) is 31.2 Å². The van der Waals surface area contributed by atoms with Crippen LogP contribution in [-0.4, -0.2) is 29.0 Å². The highest BCUT2D eigenvalue weighted by Crippen LogP contribution is 2.38. The van der Waals surface area contributed by atoms with Gasteiger partial charge in [-0.2, -0.15) is 0 Å². The van der Waals surface area contributed by atoms with Gasteiger partial charge in [0.05, 0.1) is 16.6 Å². The lowest BCUT2D eigenvalue weighted by molar-refractivity contribution is -0.0464. The SMILES string of the molecule is O=C(CCC1CCC(F)(F)CC1)c1cn(C[C@@H]2CCCO2)c2cccc(Cl)c12. The second-order valence-corrected chi connectivity index (χ2v) is 8.63. The van der Waals surface area contributed by atoms with Gasteiger partial charge in [-0.05, 0) is 50.2 Å². The van der Waals surface area contributed by atoms with Gasteiger partial charge in [0.25, 0.3) is 0 Å². The van der Waals surface area contributed by atoms with Crippen LogP contribution < -0.4 is 0 Å². The van der Waals surface area contributed by atoms with E-state index in [2.05, 4.69) is 4.57 Å². The van der Waals surface area contributed by atoms with Crippen molar-refractivity contribution < 1.29 is 18.3 Å². The minimum atomic E-state index is -2.52. The van der Waals surface area contributed by atoms with E-state index >= 15 is 0 Å². The van der Waals surface area contributed by atoms with Gasteiger partial charge in [0, 0.05) is 49.6 Å². The molecule has 1 atom stereocenters. The number of ether oxygens (including phenoxy) is 1. The van der Waals surface area contributed by atoms with Gasteiger partial charge in [-0.25, -0.2) is 8.78 Å². The lowest BCUT2D eigenvalue weighted by Gasteiger charge is -2.27. The number of benzene rings is 1. The number of fused-ring (bicyclic) bond motifs is 1. The van der Waals surface area contributed by atoms with Crippen molar-refractivity contribution in [2.24, 2.45) is 5.92 Å². The first-order valence-corrected chi connectivity index (χ1v) is 10.6. The number of aromatic nitrogens is 1. The third-order valence-electron chi connectivity index (χ3n) is 6.20. The standard InChI is InChI=1S/C22H26ClF2NO2/c23-18-4-1-5-19-21(18)17(14-26(19)13-16-3-2-12-28-16)20(27)7-6-15-8-10-22(24,25)11-9-15/h1,4-5,14-16H,2-3,6-13H2/t16-/m0/s1. The van der Waals surface area contributed by atoms with Crippen molar-refractivity contribution in [2.75, 3.05) is 6.61 Å². The van der Waals surface area contributed by atoms with Crippen LogP contribution in [0.1, 0.15) is 61.7 Å². The number of Topliss-reactive ketones (excluding diaryl/α,β-unsaturated/α-hetero) is 1. The smallest absolute Gasteiger partial charge is 0.248 e. The highest BCUT2D eigenvalue weighted by Gasteiger charge is 2.35. The largest absolute Gasteiger partial charge is 0.376 e. The number of hydrogen-bond acceptors (Lipinski definition) is 2. The zero-order valence-corrected chi connectivity index (χ0v) is 16.7. The zero-order chi connectivity index (χ0) is 19.7. The van der Waals surface area contributed by atoms with E-state index in [0.29, 0.717) is 42.8 Å². The summed E-state index contributed by atoms with van der Waals surface area (Å²) in [6.45, 7) is 1.50. The first-order chi connectivity index (χ1) is 13.4. The van der Waals surface area contributed by atoms with E-state index in [9.17, 15) is 13.6 Å². The fourth-order valence-electron chi connectivity index (χ4n) is 4.54. The van der Waals surface area contributed by atoms with E-state index < -0.39 is 5.92 Å². The molecule has 6 heteroatoms. The molecule has 0 bridgehead atoms. The van der Waals surface area contributed by atoms with Crippen LogP contribution in [0.2, 0.25) is 5.02 Å². The van der Waals surface area contributed by atoms with Crippen molar-refractivity contribution in [2.45, 2.75) is 69.9 Å². The molecule has 1 aliphatic carbocycles. The summed E-state index contributed by atoms with van der Waals surface area (Å²) in [6, 6.07) is 5.68. The molecular formula is C22H26ClF2NO2. The lowest BCUT2D eigenvalue weighted by Crippen LogP contribution is -2.24. The molecule has 4 rings (SSSR count). The number of rotatable bonds is 6. The Morgan fingerprint density at radius 3 is 2.75 bits per heavy atom. The minimum Gasteiger partial charge on any atom is -0.376 e. The molecule has 2 fully saturated rings. The Bertz CT molecular complexity index is 848. The zero-order valence-electron chi connectivity index (χ0n) is 15.9. The van der Waals surface area contributed by atoms with E-state index in [1.54, 1.807) is 6.07 Å². The quantitative estimate of drug-likeness (QED) is 0.527. The fourth-order valence-corrected chi connectivity index (χ4v) is 4.81. The molecule has 0 spiro atoms. The predicted octanol–water partition coefficient (Wildman–Crippen LogP) is 6.26. The van der Waals surface area contributed by atoms with Gasteiger partial charge in [-0.1, -0.05) is 17.7 Å².